The molecule has 3 aromatic rings. The maximum Gasteiger partial charge on any atom is -0.00203 e. The van der Waals surface area contributed by atoms with Crippen molar-refractivity contribution >= 4 is 0 Å². The van der Waals surface area contributed by atoms with Gasteiger partial charge in [0.05, 0.1) is 0 Å². The molecule has 0 radical (unpaired) electrons. The van der Waals surface area contributed by atoms with Crippen molar-refractivity contribution in [1.29, 1.82) is 0 Å². The van der Waals surface area contributed by atoms with Crippen LogP contribution >= 0.6 is 0 Å². The number of hydrogen-bond donors (Lipinski definition) is 1. The molecule has 1 nitrogen and oxygen atoms in total. The van der Waals surface area contributed by atoms with Gasteiger partial charge in [-0.3, -0.25) is 0 Å². The predicted molar refractivity (Wildman–Crippen MR) is 125 cm³/mol. The molecule has 0 saturated heterocycles. The Balaban J connectivity index is 0.000000292. The number of nitrogens with one attached hydrogen (secondary N) is 1. The zero-order valence-corrected chi connectivity index (χ0v) is 18.1. The largest absolute Gasteiger partial charge is 0.317 e. The molecule has 1 heteroatoms. The van der Waals surface area contributed by atoms with E-state index in [0.717, 1.165) is 32.4 Å². The summed E-state index contributed by atoms with van der Waals surface area (Å²) in [6, 6.07) is 29.5. The summed E-state index contributed by atoms with van der Waals surface area (Å²) in [6.07, 6.45) is 3.29. The first-order chi connectivity index (χ1) is 13.8. The quantitative estimate of drug-likeness (QED) is 0.505. The highest BCUT2D eigenvalue weighted by molar-refractivity contribution is 5.36. The first-order valence-electron chi connectivity index (χ1n) is 10.6. The Kier molecular flexibility index (Phi) is 13.2. The van der Waals surface area contributed by atoms with Gasteiger partial charge in [0.2, 0.25) is 0 Å². The molecule has 0 heterocycles. The van der Waals surface area contributed by atoms with Crippen molar-refractivity contribution in [3.8, 4) is 0 Å². The molecule has 3 aromatic carbocycles. The molecule has 0 bridgehead atoms. The smallest absolute Gasteiger partial charge is 0.00203 e. The van der Waals surface area contributed by atoms with Gasteiger partial charge in [-0.15, -0.1) is 0 Å². The van der Waals surface area contributed by atoms with E-state index in [1.807, 2.05) is 36.4 Å². The Hall–Kier alpha value is -2.38. The van der Waals surface area contributed by atoms with Crippen molar-refractivity contribution < 1.29 is 0 Å². The number of hydrogen-bond acceptors (Lipinski definition) is 1. The molecule has 0 spiro atoms. The Labute approximate surface area is 172 Å². The van der Waals surface area contributed by atoms with Gasteiger partial charge >= 0.3 is 0 Å². The topological polar surface area (TPSA) is 12.0 Å². The van der Waals surface area contributed by atoms with Crippen LogP contribution in [-0.4, -0.2) is 13.1 Å². The summed E-state index contributed by atoms with van der Waals surface area (Å²) >= 11 is 0. The van der Waals surface area contributed by atoms with E-state index in [1.165, 1.54) is 22.3 Å². The zero-order chi connectivity index (χ0) is 20.5. The van der Waals surface area contributed by atoms with Gasteiger partial charge in [-0.1, -0.05) is 113 Å². The summed E-state index contributed by atoms with van der Waals surface area (Å²) < 4.78 is 0. The minimum absolute atomic E-state index is 1.06. The number of aryl methyl sites for hydroxylation is 2. The van der Waals surface area contributed by atoms with Crippen LogP contribution in [0.15, 0.2) is 84.9 Å². The van der Waals surface area contributed by atoms with Gasteiger partial charge in [0.15, 0.2) is 0 Å². The van der Waals surface area contributed by atoms with Crippen LogP contribution in [0.2, 0.25) is 0 Å². The molecule has 0 saturated carbocycles. The van der Waals surface area contributed by atoms with E-state index >= 15 is 0 Å². The average Bonchev–Trinajstić information content (AvgIpc) is 2.77. The van der Waals surface area contributed by atoms with Crippen LogP contribution in [-0.2, 0) is 19.3 Å². The van der Waals surface area contributed by atoms with Crippen molar-refractivity contribution in [2.24, 2.45) is 0 Å². The van der Waals surface area contributed by atoms with Crippen LogP contribution in [0.25, 0.3) is 0 Å². The van der Waals surface area contributed by atoms with Crippen molar-refractivity contribution in [3.63, 3.8) is 0 Å². The van der Waals surface area contributed by atoms with Gasteiger partial charge in [-0.2, -0.15) is 0 Å². The monoisotopic (exact) mass is 375 g/mol. The van der Waals surface area contributed by atoms with Crippen LogP contribution in [0.4, 0.5) is 0 Å². The molecular formula is C27H37N. The molecule has 0 fully saturated rings. The molecule has 0 unspecified atom stereocenters. The fourth-order valence-electron chi connectivity index (χ4n) is 2.99. The van der Waals surface area contributed by atoms with E-state index in [4.69, 9.17) is 0 Å². The lowest BCUT2D eigenvalue weighted by atomic mass is 9.95. The highest BCUT2D eigenvalue weighted by Crippen LogP contribution is 2.18. The highest BCUT2D eigenvalue weighted by atomic mass is 14.8. The van der Waals surface area contributed by atoms with E-state index in [0.29, 0.717) is 0 Å². The molecular weight excluding hydrogens is 338 g/mol. The standard InChI is InChI=1S/C17H20.C6H6.C4H11N/c1-3-14-9-5-7-11-16(14)13-17-12-8-6-10-15(17)4-2;1-2-4-6-5-3-1;1-3-5-4-2/h5-12H,3-4,13H2,1-2H3;1-6H;5H,3-4H2,1-2H3. The van der Waals surface area contributed by atoms with E-state index in [9.17, 15) is 0 Å². The molecule has 150 valence electrons. The van der Waals surface area contributed by atoms with Crippen LogP contribution in [0.3, 0.4) is 0 Å². The fourth-order valence-corrected chi connectivity index (χ4v) is 2.99. The van der Waals surface area contributed by atoms with Crippen LogP contribution in [0.1, 0.15) is 49.9 Å². The number of rotatable bonds is 6. The van der Waals surface area contributed by atoms with E-state index in [1.54, 1.807) is 0 Å². The molecule has 0 aliphatic carbocycles. The van der Waals surface area contributed by atoms with Gasteiger partial charge in [-0.05, 0) is 54.6 Å². The third-order valence-electron chi connectivity index (χ3n) is 4.55. The Bertz CT molecular complexity index is 660. The summed E-state index contributed by atoms with van der Waals surface area (Å²) in [5, 5.41) is 3.11. The van der Waals surface area contributed by atoms with Crippen LogP contribution in [0.5, 0.6) is 0 Å². The second-order valence-corrected chi connectivity index (χ2v) is 6.53. The summed E-state index contributed by atoms with van der Waals surface area (Å²) in [5.74, 6) is 0. The first-order valence-corrected chi connectivity index (χ1v) is 10.6. The SMILES string of the molecule is CCNCC.CCc1ccccc1Cc1ccccc1CC.c1ccccc1. The molecule has 0 aliphatic heterocycles. The second-order valence-electron chi connectivity index (χ2n) is 6.53. The second kappa shape index (κ2) is 15.7. The van der Waals surface area contributed by atoms with Crippen LogP contribution in [0, 0.1) is 0 Å². The third-order valence-corrected chi connectivity index (χ3v) is 4.55. The van der Waals surface area contributed by atoms with Gasteiger partial charge in [-0.25, -0.2) is 0 Å². The first kappa shape index (κ1) is 23.7. The van der Waals surface area contributed by atoms with Gasteiger partial charge < -0.3 is 5.32 Å². The molecule has 0 atom stereocenters. The summed E-state index contributed by atoms with van der Waals surface area (Å²) in [6.45, 7) is 10.8. The Morgan fingerprint density at radius 1 is 0.464 bits per heavy atom. The predicted octanol–water partition coefficient (Wildman–Crippen LogP) is 6.70. The molecule has 0 aromatic heterocycles. The van der Waals surface area contributed by atoms with Crippen molar-refractivity contribution in [3.05, 3.63) is 107 Å². The maximum atomic E-state index is 3.11. The highest BCUT2D eigenvalue weighted by Gasteiger charge is 2.04. The molecule has 0 aliphatic rings. The summed E-state index contributed by atoms with van der Waals surface area (Å²) in [5.41, 5.74) is 5.88. The minimum atomic E-state index is 1.06. The van der Waals surface area contributed by atoms with E-state index in [-0.39, 0.29) is 0 Å². The van der Waals surface area contributed by atoms with Crippen molar-refractivity contribution in [1.82, 2.24) is 5.32 Å². The lowest BCUT2D eigenvalue weighted by Gasteiger charge is -2.11. The number of benzene rings is 3. The van der Waals surface area contributed by atoms with Gasteiger partial charge in [0.1, 0.15) is 0 Å². The van der Waals surface area contributed by atoms with E-state index in [2.05, 4.69) is 81.5 Å². The minimum Gasteiger partial charge on any atom is -0.317 e. The summed E-state index contributed by atoms with van der Waals surface area (Å²) in [4.78, 5) is 0. The maximum absolute atomic E-state index is 3.11. The van der Waals surface area contributed by atoms with Gasteiger partial charge in [0.25, 0.3) is 0 Å². The third kappa shape index (κ3) is 9.53. The molecule has 3 rings (SSSR count). The van der Waals surface area contributed by atoms with Crippen molar-refractivity contribution in [2.75, 3.05) is 13.1 Å². The Morgan fingerprint density at radius 3 is 1.04 bits per heavy atom. The van der Waals surface area contributed by atoms with E-state index < -0.39 is 0 Å². The van der Waals surface area contributed by atoms with Crippen LogP contribution < -0.4 is 5.32 Å². The summed E-state index contributed by atoms with van der Waals surface area (Å²) in [7, 11) is 0. The average molecular weight is 376 g/mol. The fraction of sp³-hybridized carbons (Fsp3) is 0.333. The molecule has 0 amide bonds. The normalized spacial score (nSPS) is 9.57. The Morgan fingerprint density at radius 2 is 0.786 bits per heavy atom. The molecule has 28 heavy (non-hydrogen) atoms. The van der Waals surface area contributed by atoms with Crippen molar-refractivity contribution in [2.45, 2.75) is 47.0 Å². The van der Waals surface area contributed by atoms with Gasteiger partial charge in [0, 0.05) is 0 Å². The molecule has 1 N–H and O–H groups in total. The lowest BCUT2D eigenvalue weighted by molar-refractivity contribution is 0.762. The zero-order valence-electron chi connectivity index (χ0n) is 18.1. The lowest BCUT2D eigenvalue weighted by Crippen LogP contribution is -2.09.